The molecule has 0 fully saturated rings. The van der Waals surface area contributed by atoms with E-state index in [1.165, 1.54) is 6.07 Å². The molecule has 76 valence electrons. The van der Waals surface area contributed by atoms with E-state index in [2.05, 4.69) is 0 Å². The molecule has 1 aliphatic heterocycles. The Morgan fingerprint density at radius 1 is 1.50 bits per heavy atom. The summed E-state index contributed by atoms with van der Waals surface area (Å²) in [7, 11) is 1.60. The first-order valence-electron chi connectivity index (χ1n) is 4.21. The SMILES string of the molecule is C[C@@H]1Cc2cc(S(=O)(=O)Cl)ccc2O1. The van der Waals surface area contributed by atoms with Gasteiger partial charge in [0.1, 0.15) is 11.9 Å². The van der Waals surface area contributed by atoms with Gasteiger partial charge in [-0.2, -0.15) is 0 Å². The lowest BCUT2D eigenvalue weighted by Crippen LogP contribution is -2.05. The van der Waals surface area contributed by atoms with Gasteiger partial charge in [-0.3, -0.25) is 0 Å². The summed E-state index contributed by atoms with van der Waals surface area (Å²) < 4.78 is 27.5. The van der Waals surface area contributed by atoms with Crippen LogP contribution in [0.3, 0.4) is 0 Å². The van der Waals surface area contributed by atoms with Gasteiger partial charge >= 0.3 is 0 Å². The van der Waals surface area contributed by atoms with Crippen molar-refractivity contribution in [2.45, 2.75) is 24.3 Å². The average molecular weight is 233 g/mol. The van der Waals surface area contributed by atoms with Gasteiger partial charge in [-0.15, -0.1) is 0 Å². The van der Waals surface area contributed by atoms with Crippen molar-refractivity contribution in [3.63, 3.8) is 0 Å². The highest BCUT2D eigenvalue weighted by atomic mass is 35.7. The molecule has 0 saturated carbocycles. The summed E-state index contributed by atoms with van der Waals surface area (Å²) in [4.78, 5) is 0.135. The second-order valence-corrected chi connectivity index (χ2v) is 5.91. The zero-order valence-corrected chi connectivity index (χ0v) is 9.10. The van der Waals surface area contributed by atoms with Crippen molar-refractivity contribution in [2.24, 2.45) is 0 Å². The molecular formula is C9H9ClO3S. The third-order valence-electron chi connectivity index (χ3n) is 2.15. The fourth-order valence-corrected chi connectivity index (χ4v) is 2.35. The van der Waals surface area contributed by atoms with Crippen molar-refractivity contribution < 1.29 is 13.2 Å². The van der Waals surface area contributed by atoms with E-state index in [9.17, 15) is 8.42 Å². The van der Waals surface area contributed by atoms with Crippen LogP contribution in [0.25, 0.3) is 0 Å². The number of fused-ring (bicyclic) bond motifs is 1. The van der Waals surface area contributed by atoms with Crippen LogP contribution in [0.5, 0.6) is 5.75 Å². The second kappa shape index (κ2) is 3.14. The molecule has 1 heterocycles. The van der Waals surface area contributed by atoms with E-state index >= 15 is 0 Å². The lowest BCUT2D eigenvalue weighted by Gasteiger charge is -2.02. The van der Waals surface area contributed by atoms with Crippen LogP contribution in [0.1, 0.15) is 12.5 Å². The van der Waals surface area contributed by atoms with Gasteiger partial charge in [0.25, 0.3) is 9.05 Å². The highest BCUT2D eigenvalue weighted by Crippen LogP contribution is 2.31. The number of benzene rings is 1. The van der Waals surface area contributed by atoms with E-state index in [4.69, 9.17) is 15.4 Å². The number of hydrogen-bond donors (Lipinski definition) is 0. The van der Waals surface area contributed by atoms with Crippen molar-refractivity contribution in [3.05, 3.63) is 23.8 Å². The molecule has 1 aliphatic rings. The van der Waals surface area contributed by atoms with Crippen molar-refractivity contribution >= 4 is 19.7 Å². The molecule has 0 amide bonds. The molecular weight excluding hydrogens is 224 g/mol. The first-order valence-corrected chi connectivity index (χ1v) is 6.52. The van der Waals surface area contributed by atoms with Crippen LogP contribution >= 0.6 is 10.7 Å². The van der Waals surface area contributed by atoms with Crippen molar-refractivity contribution in [1.82, 2.24) is 0 Å². The highest BCUT2D eigenvalue weighted by molar-refractivity contribution is 8.13. The molecule has 0 aromatic heterocycles. The van der Waals surface area contributed by atoms with E-state index in [0.29, 0.717) is 0 Å². The van der Waals surface area contributed by atoms with Gasteiger partial charge in [0.15, 0.2) is 0 Å². The number of ether oxygens (including phenoxy) is 1. The lowest BCUT2D eigenvalue weighted by molar-refractivity contribution is 0.254. The predicted octanol–water partition coefficient (Wildman–Crippen LogP) is 1.94. The molecule has 14 heavy (non-hydrogen) atoms. The fourth-order valence-electron chi connectivity index (χ4n) is 1.55. The normalized spacial score (nSPS) is 20.3. The number of halogens is 1. The van der Waals surface area contributed by atoms with Gasteiger partial charge in [0, 0.05) is 17.1 Å². The molecule has 0 unspecified atom stereocenters. The largest absolute Gasteiger partial charge is 0.490 e. The van der Waals surface area contributed by atoms with E-state index in [1.54, 1.807) is 12.1 Å². The maximum absolute atomic E-state index is 11.0. The maximum atomic E-state index is 11.0. The Balaban J connectivity index is 2.48. The molecule has 0 saturated heterocycles. The maximum Gasteiger partial charge on any atom is 0.261 e. The zero-order chi connectivity index (χ0) is 10.3. The Hall–Kier alpha value is -0.740. The monoisotopic (exact) mass is 232 g/mol. The minimum Gasteiger partial charge on any atom is -0.490 e. The molecule has 0 spiro atoms. The van der Waals surface area contributed by atoms with Gasteiger partial charge < -0.3 is 4.74 Å². The standard InChI is InChI=1S/C9H9ClO3S/c1-6-4-7-5-8(14(10,11)12)2-3-9(7)13-6/h2-3,5-6H,4H2,1H3/t6-/m1/s1. The Labute approximate surface area is 87.1 Å². The van der Waals surface area contributed by atoms with E-state index in [1.807, 2.05) is 6.92 Å². The minimum atomic E-state index is -3.63. The number of hydrogen-bond acceptors (Lipinski definition) is 3. The van der Waals surface area contributed by atoms with Crippen molar-refractivity contribution in [2.75, 3.05) is 0 Å². The summed E-state index contributed by atoms with van der Waals surface area (Å²) >= 11 is 0. The molecule has 1 aromatic carbocycles. The average Bonchev–Trinajstić information content (AvgIpc) is 2.41. The van der Waals surface area contributed by atoms with Crippen LogP contribution in [-0.4, -0.2) is 14.5 Å². The summed E-state index contributed by atoms with van der Waals surface area (Å²) in [6.45, 7) is 1.94. The zero-order valence-electron chi connectivity index (χ0n) is 7.53. The summed E-state index contributed by atoms with van der Waals surface area (Å²) in [5, 5.41) is 0. The topological polar surface area (TPSA) is 43.4 Å². The minimum absolute atomic E-state index is 0.110. The molecule has 0 radical (unpaired) electrons. The Morgan fingerprint density at radius 2 is 2.21 bits per heavy atom. The van der Waals surface area contributed by atoms with Crippen molar-refractivity contribution in [1.29, 1.82) is 0 Å². The molecule has 5 heteroatoms. The van der Waals surface area contributed by atoms with Gasteiger partial charge in [-0.25, -0.2) is 8.42 Å². The predicted molar refractivity (Wildman–Crippen MR) is 53.3 cm³/mol. The Kier molecular flexibility index (Phi) is 2.20. The van der Waals surface area contributed by atoms with Crippen LogP contribution in [0.15, 0.2) is 23.1 Å². The number of rotatable bonds is 1. The molecule has 3 nitrogen and oxygen atoms in total. The lowest BCUT2D eigenvalue weighted by atomic mass is 10.1. The first-order chi connectivity index (χ1) is 6.47. The summed E-state index contributed by atoms with van der Waals surface area (Å²) in [5.41, 5.74) is 0.902. The molecule has 1 atom stereocenters. The second-order valence-electron chi connectivity index (χ2n) is 3.34. The summed E-state index contributed by atoms with van der Waals surface area (Å²) in [5.74, 6) is 0.751. The third-order valence-corrected chi connectivity index (χ3v) is 3.50. The van der Waals surface area contributed by atoms with E-state index in [-0.39, 0.29) is 11.0 Å². The molecule has 2 rings (SSSR count). The molecule has 0 N–H and O–H groups in total. The van der Waals surface area contributed by atoms with Crippen LogP contribution in [0.4, 0.5) is 0 Å². The molecule has 0 bridgehead atoms. The quantitative estimate of drug-likeness (QED) is 0.695. The van der Waals surface area contributed by atoms with E-state index in [0.717, 1.165) is 17.7 Å². The third kappa shape index (κ3) is 1.72. The highest BCUT2D eigenvalue weighted by Gasteiger charge is 2.21. The molecule has 1 aromatic rings. The van der Waals surface area contributed by atoms with Gasteiger partial charge in [0.2, 0.25) is 0 Å². The van der Waals surface area contributed by atoms with Crippen LogP contribution in [0, 0.1) is 0 Å². The van der Waals surface area contributed by atoms with Gasteiger partial charge in [0.05, 0.1) is 4.90 Å². The van der Waals surface area contributed by atoms with Crippen LogP contribution in [0.2, 0.25) is 0 Å². The smallest absolute Gasteiger partial charge is 0.261 e. The summed E-state index contributed by atoms with van der Waals surface area (Å²) in [6.07, 6.45) is 0.841. The first kappa shape index (κ1) is 9.80. The van der Waals surface area contributed by atoms with Gasteiger partial charge in [-0.1, -0.05) is 0 Å². The van der Waals surface area contributed by atoms with Crippen molar-refractivity contribution in [3.8, 4) is 5.75 Å². The van der Waals surface area contributed by atoms with E-state index < -0.39 is 9.05 Å². The van der Waals surface area contributed by atoms with Gasteiger partial charge in [-0.05, 0) is 30.7 Å². The summed E-state index contributed by atoms with van der Waals surface area (Å²) in [6, 6.07) is 4.68. The Bertz CT molecular complexity index is 467. The fraction of sp³-hybridized carbons (Fsp3) is 0.333. The van der Waals surface area contributed by atoms with Crippen LogP contribution in [-0.2, 0) is 15.5 Å². The Morgan fingerprint density at radius 3 is 2.86 bits per heavy atom. The van der Waals surface area contributed by atoms with Crippen LogP contribution < -0.4 is 4.74 Å². The molecule has 0 aliphatic carbocycles.